The predicted octanol–water partition coefficient (Wildman–Crippen LogP) is 4.88. The summed E-state index contributed by atoms with van der Waals surface area (Å²) in [6.07, 6.45) is 0. The summed E-state index contributed by atoms with van der Waals surface area (Å²) < 4.78 is 12.6. The molecule has 10 heteroatoms. The molecule has 1 heterocycles. The maximum atomic E-state index is 12.3. The quantitative estimate of drug-likeness (QED) is 0.463. The molecule has 0 fully saturated rings. The molecule has 3 aromatic rings. The fraction of sp³-hybridized carbons (Fsp3) is 0.286. The van der Waals surface area contributed by atoms with E-state index in [-0.39, 0.29) is 11.2 Å². The van der Waals surface area contributed by atoms with Crippen LogP contribution in [0.2, 0.25) is 10.0 Å². The highest BCUT2D eigenvalue weighted by Crippen LogP contribution is 2.37. The molecule has 2 aromatic carbocycles. The maximum absolute atomic E-state index is 12.3. The Morgan fingerprint density at radius 3 is 2.48 bits per heavy atom. The monoisotopic (exact) mass is 480 g/mol. The van der Waals surface area contributed by atoms with Gasteiger partial charge in [0.25, 0.3) is 0 Å². The number of amides is 1. The third-order valence-electron chi connectivity index (χ3n) is 4.43. The second-order valence-electron chi connectivity index (χ2n) is 6.46. The number of hydrogen-bond acceptors (Lipinski definition) is 6. The molecule has 7 nitrogen and oxygen atoms in total. The van der Waals surface area contributed by atoms with Gasteiger partial charge in [-0.15, -0.1) is 10.2 Å². The Hall–Kier alpha value is -2.42. The number of nitrogens with zero attached hydrogens (tertiary/aromatic N) is 3. The van der Waals surface area contributed by atoms with E-state index in [1.807, 2.05) is 24.5 Å². The second kappa shape index (κ2) is 10.3. The Balaban J connectivity index is 2.17. The average molecular weight is 481 g/mol. The SMILES string of the molecule is CCNC(=O)C(C)Sc1nnc(-c2cc(Cl)ccc2OC)n1-c1ccc(OC)c(Cl)c1. The highest BCUT2D eigenvalue weighted by Gasteiger charge is 2.24. The van der Waals surface area contributed by atoms with Crippen molar-refractivity contribution in [3.05, 3.63) is 46.4 Å². The first-order valence-electron chi connectivity index (χ1n) is 9.47. The number of ether oxygens (including phenoxy) is 2. The van der Waals surface area contributed by atoms with E-state index in [0.29, 0.717) is 50.3 Å². The zero-order chi connectivity index (χ0) is 22.5. The summed E-state index contributed by atoms with van der Waals surface area (Å²) in [5, 5.41) is 12.7. The number of carbonyl (C=O) groups is 1. The molecule has 1 amide bonds. The van der Waals surface area contributed by atoms with Gasteiger partial charge in [0.2, 0.25) is 5.91 Å². The van der Waals surface area contributed by atoms with Crippen molar-refractivity contribution in [2.45, 2.75) is 24.3 Å². The standard InChI is InChI=1S/C21H22Cl2N4O3S/c1-5-24-20(28)12(2)31-21-26-25-19(15-10-13(22)6-8-17(15)29-3)27(21)14-7-9-18(30-4)16(23)11-14/h6-12H,5H2,1-4H3,(H,24,28). The fourth-order valence-corrected chi connectivity index (χ4v) is 4.25. The van der Waals surface area contributed by atoms with Crippen LogP contribution >= 0.6 is 35.0 Å². The lowest BCUT2D eigenvalue weighted by molar-refractivity contribution is -0.120. The van der Waals surface area contributed by atoms with Gasteiger partial charge in [0.1, 0.15) is 11.5 Å². The molecule has 0 aliphatic carbocycles. The minimum absolute atomic E-state index is 0.0864. The minimum Gasteiger partial charge on any atom is -0.496 e. The smallest absolute Gasteiger partial charge is 0.233 e. The summed E-state index contributed by atoms with van der Waals surface area (Å²) in [7, 11) is 3.13. The number of rotatable bonds is 8. The van der Waals surface area contributed by atoms with Gasteiger partial charge in [0.15, 0.2) is 11.0 Å². The normalized spacial score (nSPS) is 11.8. The lowest BCUT2D eigenvalue weighted by atomic mass is 10.2. The number of thioether (sulfide) groups is 1. The Morgan fingerprint density at radius 1 is 1.13 bits per heavy atom. The molecule has 0 saturated carbocycles. The van der Waals surface area contributed by atoms with E-state index in [2.05, 4.69) is 15.5 Å². The van der Waals surface area contributed by atoms with Crippen molar-refractivity contribution >= 4 is 40.9 Å². The van der Waals surface area contributed by atoms with E-state index in [9.17, 15) is 4.79 Å². The van der Waals surface area contributed by atoms with Crippen LogP contribution in [0.1, 0.15) is 13.8 Å². The van der Waals surface area contributed by atoms with E-state index in [4.69, 9.17) is 32.7 Å². The van der Waals surface area contributed by atoms with Crippen LogP contribution in [0.3, 0.4) is 0 Å². The lowest BCUT2D eigenvalue weighted by Gasteiger charge is -2.15. The number of halogens is 2. The van der Waals surface area contributed by atoms with E-state index in [1.54, 1.807) is 44.6 Å². The number of aromatic nitrogens is 3. The van der Waals surface area contributed by atoms with Crippen LogP contribution in [0.5, 0.6) is 11.5 Å². The summed E-state index contributed by atoms with van der Waals surface area (Å²) in [5.74, 6) is 1.55. The average Bonchev–Trinajstić information content (AvgIpc) is 3.17. The first kappa shape index (κ1) is 23.2. The van der Waals surface area contributed by atoms with Gasteiger partial charge < -0.3 is 14.8 Å². The van der Waals surface area contributed by atoms with Crippen molar-refractivity contribution in [3.63, 3.8) is 0 Å². The number of benzene rings is 2. The topological polar surface area (TPSA) is 78.3 Å². The predicted molar refractivity (Wildman–Crippen MR) is 124 cm³/mol. The third kappa shape index (κ3) is 5.08. The molecule has 0 saturated heterocycles. The van der Waals surface area contributed by atoms with E-state index >= 15 is 0 Å². The van der Waals surface area contributed by atoms with E-state index < -0.39 is 0 Å². The number of nitrogens with one attached hydrogen (secondary N) is 1. The van der Waals surface area contributed by atoms with E-state index in [0.717, 1.165) is 0 Å². The summed E-state index contributed by atoms with van der Waals surface area (Å²) >= 11 is 13.9. The first-order chi connectivity index (χ1) is 14.9. The molecule has 3 rings (SSSR count). The fourth-order valence-electron chi connectivity index (χ4n) is 2.93. The highest BCUT2D eigenvalue weighted by molar-refractivity contribution is 8.00. The Morgan fingerprint density at radius 2 is 1.84 bits per heavy atom. The Labute approximate surface area is 195 Å². The molecule has 0 aliphatic heterocycles. The van der Waals surface area contributed by atoms with Crippen LogP contribution < -0.4 is 14.8 Å². The minimum atomic E-state index is -0.384. The Bertz CT molecular complexity index is 1090. The third-order valence-corrected chi connectivity index (χ3v) is 6.00. The Kier molecular flexibility index (Phi) is 7.69. The molecular weight excluding hydrogens is 459 g/mol. The summed E-state index contributed by atoms with van der Waals surface area (Å²) in [6.45, 7) is 4.24. The molecular formula is C21H22Cl2N4O3S. The molecule has 0 bridgehead atoms. The van der Waals surface area contributed by atoms with Gasteiger partial charge in [0, 0.05) is 11.6 Å². The largest absolute Gasteiger partial charge is 0.496 e. The van der Waals surface area contributed by atoms with Gasteiger partial charge in [-0.3, -0.25) is 9.36 Å². The van der Waals surface area contributed by atoms with Crippen LogP contribution in [0.25, 0.3) is 17.1 Å². The summed E-state index contributed by atoms with van der Waals surface area (Å²) in [5.41, 5.74) is 1.37. The highest BCUT2D eigenvalue weighted by atomic mass is 35.5. The second-order valence-corrected chi connectivity index (χ2v) is 8.61. The molecule has 1 N–H and O–H groups in total. The van der Waals surface area contributed by atoms with Gasteiger partial charge in [-0.25, -0.2) is 0 Å². The van der Waals surface area contributed by atoms with Crippen molar-refractivity contribution < 1.29 is 14.3 Å². The van der Waals surface area contributed by atoms with Crippen molar-refractivity contribution in [2.75, 3.05) is 20.8 Å². The molecule has 0 radical (unpaired) electrons. The summed E-state index contributed by atoms with van der Waals surface area (Å²) in [6, 6.07) is 10.6. The van der Waals surface area contributed by atoms with Gasteiger partial charge in [-0.2, -0.15) is 0 Å². The van der Waals surface area contributed by atoms with Gasteiger partial charge in [0.05, 0.1) is 35.7 Å². The van der Waals surface area contributed by atoms with Crippen molar-refractivity contribution in [1.82, 2.24) is 20.1 Å². The van der Waals surface area contributed by atoms with Crippen LogP contribution in [0.15, 0.2) is 41.6 Å². The molecule has 1 atom stereocenters. The van der Waals surface area contributed by atoms with Gasteiger partial charge in [-0.05, 0) is 50.2 Å². The zero-order valence-electron chi connectivity index (χ0n) is 17.5. The molecule has 0 spiro atoms. The molecule has 1 aromatic heterocycles. The van der Waals surface area contributed by atoms with Crippen LogP contribution in [0, 0.1) is 0 Å². The van der Waals surface area contributed by atoms with Crippen LogP contribution in [-0.4, -0.2) is 46.7 Å². The van der Waals surface area contributed by atoms with Crippen LogP contribution in [0.4, 0.5) is 0 Å². The van der Waals surface area contributed by atoms with Crippen molar-refractivity contribution in [1.29, 1.82) is 0 Å². The number of carbonyl (C=O) groups excluding carboxylic acids is 1. The first-order valence-corrected chi connectivity index (χ1v) is 11.1. The van der Waals surface area contributed by atoms with Crippen molar-refractivity contribution in [2.24, 2.45) is 0 Å². The number of methoxy groups -OCH3 is 2. The van der Waals surface area contributed by atoms with Gasteiger partial charge in [-0.1, -0.05) is 35.0 Å². The molecule has 164 valence electrons. The van der Waals surface area contributed by atoms with Crippen molar-refractivity contribution in [3.8, 4) is 28.6 Å². The molecule has 31 heavy (non-hydrogen) atoms. The number of hydrogen-bond donors (Lipinski definition) is 1. The lowest BCUT2D eigenvalue weighted by Crippen LogP contribution is -2.30. The molecule has 1 unspecified atom stereocenters. The van der Waals surface area contributed by atoms with E-state index in [1.165, 1.54) is 11.8 Å². The zero-order valence-corrected chi connectivity index (χ0v) is 19.8. The van der Waals surface area contributed by atoms with Crippen LogP contribution in [-0.2, 0) is 4.79 Å². The maximum Gasteiger partial charge on any atom is 0.233 e. The van der Waals surface area contributed by atoms with Gasteiger partial charge >= 0.3 is 0 Å². The molecule has 0 aliphatic rings. The summed E-state index contributed by atoms with van der Waals surface area (Å²) in [4.78, 5) is 12.3.